The molecule has 3 heterocycles. The van der Waals surface area contributed by atoms with Crippen LogP contribution in [0.4, 0.5) is 5.82 Å². The van der Waals surface area contributed by atoms with Crippen molar-refractivity contribution in [2.75, 3.05) is 31.2 Å². The normalized spacial score (nSPS) is 16.6. The van der Waals surface area contributed by atoms with Gasteiger partial charge in [0.2, 0.25) is 0 Å². The van der Waals surface area contributed by atoms with Crippen LogP contribution >= 0.6 is 0 Å². The minimum Gasteiger partial charge on any atom is -0.378 e. The third-order valence-corrected chi connectivity index (χ3v) is 3.16. The highest BCUT2D eigenvalue weighted by atomic mass is 16.5. The molecule has 5 heteroatoms. The molecule has 5 nitrogen and oxygen atoms in total. The number of fused-ring (bicyclic) bond motifs is 1. The SMILES string of the molecule is NCc1ncn2c(N3CCOCC3)cccc12. The first-order valence-electron chi connectivity index (χ1n) is 5.88. The molecule has 0 atom stereocenters. The zero-order valence-electron chi connectivity index (χ0n) is 9.67. The fourth-order valence-corrected chi connectivity index (χ4v) is 2.27. The molecule has 1 aliphatic rings. The average Bonchev–Trinajstić information content (AvgIpc) is 2.82. The van der Waals surface area contributed by atoms with Crippen LogP contribution in [0.3, 0.4) is 0 Å². The first kappa shape index (κ1) is 10.6. The van der Waals surface area contributed by atoms with Gasteiger partial charge in [-0.2, -0.15) is 0 Å². The average molecular weight is 232 g/mol. The lowest BCUT2D eigenvalue weighted by molar-refractivity contribution is 0.122. The Labute approximate surface area is 99.8 Å². The second kappa shape index (κ2) is 4.35. The van der Waals surface area contributed by atoms with Crippen molar-refractivity contribution >= 4 is 11.3 Å². The molecule has 2 aromatic heterocycles. The van der Waals surface area contributed by atoms with E-state index in [0.29, 0.717) is 6.54 Å². The molecule has 1 fully saturated rings. The molecule has 2 aromatic rings. The number of hydrogen-bond acceptors (Lipinski definition) is 4. The third kappa shape index (κ3) is 1.77. The van der Waals surface area contributed by atoms with E-state index in [9.17, 15) is 0 Å². The maximum Gasteiger partial charge on any atom is 0.114 e. The number of rotatable bonds is 2. The van der Waals surface area contributed by atoms with Gasteiger partial charge < -0.3 is 15.4 Å². The molecular formula is C12H16N4O. The van der Waals surface area contributed by atoms with E-state index < -0.39 is 0 Å². The number of anilines is 1. The van der Waals surface area contributed by atoms with Crippen LogP contribution in [-0.4, -0.2) is 35.7 Å². The van der Waals surface area contributed by atoms with Crippen molar-refractivity contribution in [2.45, 2.75) is 6.54 Å². The van der Waals surface area contributed by atoms with E-state index in [1.54, 1.807) is 0 Å². The van der Waals surface area contributed by atoms with Gasteiger partial charge in [0.25, 0.3) is 0 Å². The summed E-state index contributed by atoms with van der Waals surface area (Å²) in [6.07, 6.45) is 1.85. The number of ether oxygens (including phenoxy) is 1. The van der Waals surface area contributed by atoms with Gasteiger partial charge in [-0.15, -0.1) is 0 Å². The molecule has 3 rings (SSSR count). The molecule has 0 radical (unpaired) electrons. The van der Waals surface area contributed by atoms with Crippen molar-refractivity contribution in [1.82, 2.24) is 9.38 Å². The van der Waals surface area contributed by atoms with Gasteiger partial charge in [-0.05, 0) is 12.1 Å². The molecule has 1 saturated heterocycles. The summed E-state index contributed by atoms with van der Waals surface area (Å²) in [5.74, 6) is 1.16. The van der Waals surface area contributed by atoms with Crippen LogP contribution in [0, 0.1) is 0 Å². The number of hydrogen-bond donors (Lipinski definition) is 1. The number of morpholine rings is 1. The van der Waals surface area contributed by atoms with Gasteiger partial charge in [0.1, 0.15) is 12.1 Å². The summed E-state index contributed by atoms with van der Waals surface area (Å²) in [5, 5.41) is 0. The highest BCUT2D eigenvalue weighted by Crippen LogP contribution is 2.20. The van der Waals surface area contributed by atoms with Crippen LogP contribution in [0.15, 0.2) is 24.5 Å². The van der Waals surface area contributed by atoms with Gasteiger partial charge >= 0.3 is 0 Å². The summed E-state index contributed by atoms with van der Waals surface area (Å²) < 4.78 is 7.48. The van der Waals surface area contributed by atoms with Crippen LogP contribution in [-0.2, 0) is 11.3 Å². The smallest absolute Gasteiger partial charge is 0.114 e. The summed E-state index contributed by atoms with van der Waals surface area (Å²) in [6, 6.07) is 6.22. The zero-order chi connectivity index (χ0) is 11.7. The van der Waals surface area contributed by atoms with Crippen molar-refractivity contribution in [3.05, 3.63) is 30.2 Å². The molecule has 2 N–H and O–H groups in total. The summed E-state index contributed by atoms with van der Waals surface area (Å²) in [5.41, 5.74) is 7.72. The van der Waals surface area contributed by atoms with Crippen molar-refractivity contribution < 1.29 is 4.74 Å². The zero-order valence-corrected chi connectivity index (χ0v) is 9.67. The van der Waals surface area contributed by atoms with Crippen LogP contribution in [0.5, 0.6) is 0 Å². The van der Waals surface area contributed by atoms with E-state index in [-0.39, 0.29) is 0 Å². The summed E-state index contributed by atoms with van der Waals surface area (Å²) in [6.45, 7) is 3.90. The number of nitrogens with two attached hydrogens (primary N) is 1. The summed E-state index contributed by atoms with van der Waals surface area (Å²) >= 11 is 0. The summed E-state index contributed by atoms with van der Waals surface area (Å²) in [7, 11) is 0. The summed E-state index contributed by atoms with van der Waals surface area (Å²) in [4.78, 5) is 6.67. The van der Waals surface area contributed by atoms with Crippen LogP contribution in [0.2, 0.25) is 0 Å². The standard InChI is InChI=1S/C12H16N4O/c13-8-10-11-2-1-3-12(16(11)9-14-10)15-4-6-17-7-5-15/h1-3,9H,4-8,13H2. The van der Waals surface area contributed by atoms with Crippen LogP contribution in [0.25, 0.3) is 5.52 Å². The number of pyridine rings is 1. The second-order valence-corrected chi connectivity index (χ2v) is 4.13. The maximum absolute atomic E-state index is 5.68. The van der Waals surface area contributed by atoms with Gasteiger partial charge in [-0.3, -0.25) is 4.40 Å². The monoisotopic (exact) mass is 232 g/mol. The fourth-order valence-electron chi connectivity index (χ4n) is 2.27. The van der Waals surface area contributed by atoms with Crippen molar-refractivity contribution in [3.8, 4) is 0 Å². The lowest BCUT2D eigenvalue weighted by Gasteiger charge is -2.29. The Morgan fingerprint density at radius 2 is 2.12 bits per heavy atom. The van der Waals surface area contributed by atoms with Crippen molar-refractivity contribution in [2.24, 2.45) is 5.73 Å². The largest absolute Gasteiger partial charge is 0.378 e. The van der Waals surface area contributed by atoms with E-state index in [1.165, 1.54) is 0 Å². The predicted octanol–water partition coefficient (Wildman–Crippen LogP) is 0.630. The lowest BCUT2D eigenvalue weighted by atomic mass is 10.3. The Hall–Kier alpha value is -1.59. The molecule has 17 heavy (non-hydrogen) atoms. The lowest BCUT2D eigenvalue weighted by Crippen LogP contribution is -2.37. The topological polar surface area (TPSA) is 55.8 Å². The van der Waals surface area contributed by atoms with Crippen molar-refractivity contribution in [3.63, 3.8) is 0 Å². The first-order valence-corrected chi connectivity index (χ1v) is 5.88. The van der Waals surface area contributed by atoms with Gasteiger partial charge in [-0.25, -0.2) is 4.98 Å². The molecule has 0 bridgehead atoms. The Balaban J connectivity index is 2.06. The molecule has 0 unspecified atom stereocenters. The molecule has 0 saturated carbocycles. The van der Waals surface area contributed by atoms with E-state index >= 15 is 0 Å². The van der Waals surface area contributed by atoms with E-state index in [4.69, 9.17) is 10.5 Å². The molecular weight excluding hydrogens is 216 g/mol. The van der Waals surface area contributed by atoms with Gasteiger partial charge in [-0.1, -0.05) is 6.07 Å². The highest BCUT2D eigenvalue weighted by molar-refractivity contribution is 5.59. The van der Waals surface area contributed by atoms with Crippen LogP contribution in [0.1, 0.15) is 5.69 Å². The van der Waals surface area contributed by atoms with E-state index in [2.05, 4.69) is 32.5 Å². The minimum atomic E-state index is 0.475. The Kier molecular flexibility index (Phi) is 2.70. The van der Waals surface area contributed by atoms with Crippen molar-refractivity contribution in [1.29, 1.82) is 0 Å². The van der Waals surface area contributed by atoms with Gasteiger partial charge in [0.15, 0.2) is 0 Å². The number of imidazole rings is 1. The van der Waals surface area contributed by atoms with Gasteiger partial charge in [0, 0.05) is 19.6 Å². The van der Waals surface area contributed by atoms with Gasteiger partial charge in [0.05, 0.1) is 24.4 Å². The molecule has 90 valence electrons. The van der Waals surface area contributed by atoms with E-state index in [0.717, 1.165) is 43.3 Å². The Morgan fingerprint density at radius 1 is 1.29 bits per heavy atom. The highest BCUT2D eigenvalue weighted by Gasteiger charge is 2.14. The molecule has 1 aliphatic heterocycles. The number of nitrogens with zero attached hydrogens (tertiary/aromatic N) is 3. The first-order chi connectivity index (χ1) is 8.40. The fraction of sp³-hybridized carbons (Fsp3) is 0.417. The number of aromatic nitrogens is 2. The third-order valence-electron chi connectivity index (χ3n) is 3.16. The maximum atomic E-state index is 5.68. The second-order valence-electron chi connectivity index (χ2n) is 4.13. The quantitative estimate of drug-likeness (QED) is 0.825. The Bertz CT molecular complexity index is 516. The Morgan fingerprint density at radius 3 is 2.88 bits per heavy atom. The molecule has 0 amide bonds. The molecule has 0 aromatic carbocycles. The minimum absolute atomic E-state index is 0.475. The van der Waals surface area contributed by atoms with Crippen LogP contribution < -0.4 is 10.6 Å². The molecule has 0 spiro atoms. The van der Waals surface area contributed by atoms with E-state index in [1.807, 2.05) is 6.33 Å². The predicted molar refractivity (Wildman–Crippen MR) is 66.1 cm³/mol. The molecule has 0 aliphatic carbocycles.